The Morgan fingerprint density at radius 3 is 2.16 bits per heavy atom. The van der Waals surface area contributed by atoms with Crippen LogP contribution in [0.3, 0.4) is 0 Å². The molecule has 3 aromatic rings. The molecule has 3 rings (SSSR count). The first-order valence-electron chi connectivity index (χ1n) is 8.54. The standard InChI is InChI=1S/C23H23NO/c1-16-8-7-11-20(14-16)22(19-9-5-4-6-10-19)24-23(25)21-13-12-17(2)18(3)15-21/h4-15,22H,1-3H3,(H,24,25)/t22-/m0/s1. The molecule has 0 radical (unpaired) electrons. The van der Waals surface area contributed by atoms with E-state index in [1.54, 1.807) is 0 Å². The van der Waals surface area contributed by atoms with Gasteiger partial charge in [0, 0.05) is 5.56 Å². The number of carbonyl (C=O) groups is 1. The van der Waals surface area contributed by atoms with E-state index in [2.05, 4.69) is 37.4 Å². The molecule has 0 heterocycles. The quantitative estimate of drug-likeness (QED) is 0.706. The molecule has 0 saturated heterocycles. The summed E-state index contributed by atoms with van der Waals surface area (Å²) in [4.78, 5) is 12.8. The fourth-order valence-electron chi connectivity index (χ4n) is 2.95. The number of hydrogen-bond donors (Lipinski definition) is 1. The van der Waals surface area contributed by atoms with E-state index in [-0.39, 0.29) is 11.9 Å². The Hall–Kier alpha value is -2.87. The highest BCUT2D eigenvalue weighted by molar-refractivity contribution is 5.95. The summed E-state index contributed by atoms with van der Waals surface area (Å²) in [6, 6.07) is 24.0. The van der Waals surface area contributed by atoms with Crippen molar-refractivity contribution in [3.8, 4) is 0 Å². The second-order valence-electron chi connectivity index (χ2n) is 6.53. The van der Waals surface area contributed by atoms with Crippen LogP contribution in [-0.2, 0) is 0 Å². The van der Waals surface area contributed by atoms with E-state index in [0.29, 0.717) is 5.56 Å². The lowest BCUT2D eigenvalue weighted by molar-refractivity contribution is 0.0943. The molecule has 0 saturated carbocycles. The number of benzene rings is 3. The number of nitrogens with one attached hydrogen (secondary N) is 1. The first-order chi connectivity index (χ1) is 12.0. The van der Waals surface area contributed by atoms with Crippen molar-refractivity contribution in [1.82, 2.24) is 5.32 Å². The van der Waals surface area contributed by atoms with Gasteiger partial charge in [0.2, 0.25) is 0 Å². The lowest BCUT2D eigenvalue weighted by Gasteiger charge is -2.20. The Morgan fingerprint density at radius 1 is 0.760 bits per heavy atom. The molecular formula is C23H23NO. The zero-order chi connectivity index (χ0) is 17.8. The maximum Gasteiger partial charge on any atom is 0.252 e. The maximum atomic E-state index is 12.8. The number of amides is 1. The van der Waals surface area contributed by atoms with Crippen LogP contribution in [0.5, 0.6) is 0 Å². The van der Waals surface area contributed by atoms with Crippen molar-refractivity contribution in [2.45, 2.75) is 26.8 Å². The van der Waals surface area contributed by atoms with Crippen LogP contribution in [0.25, 0.3) is 0 Å². The summed E-state index contributed by atoms with van der Waals surface area (Å²) in [6.45, 7) is 6.15. The molecule has 0 fully saturated rings. The molecule has 0 spiro atoms. The van der Waals surface area contributed by atoms with Gasteiger partial charge in [0.1, 0.15) is 0 Å². The van der Waals surface area contributed by atoms with Crippen LogP contribution in [0, 0.1) is 20.8 Å². The van der Waals surface area contributed by atoms with E-state index in [4.69, 9.17) is 0 Å². The average molecular weight is 329 g/mol. The first-order valence-corrected chi connectivity index (χ1v) is 8.54. The predicted octanol–water partition coefficient (Wildman–Crippen LogP) is 5.13. The van der Waals surface area contributed by atoms with Gasteiger partial charge in [-0.15, -0.1) is 0 Å². The molecular weight excluding hydrogens is 306 g/mol. The Balaban J connectivity index is 1.95. The second-order valence-corrected chi connectivity index (χ2v) is 6.53. The van der Waals surface area contributed by atoms with E-state index in [1.165, 1.54) is 11.1 Å². The van der Waals surface area contributed by atoms with Crippen molar-refractivity contribution < 1.29 is 4.79 Å². The van der Waals surface area contributed by atoms with E-state index >= 15 is 0 Å². The van der Waals surface area contributed by atoms with Crippen LogP contribution in [0.2, 0.25) is 0 Å². The number of carbonyl (C=O) groups excluding carboxylic acids is 1. The van der Waals surface area contributed by atoms with Crippen molar-refractivity contribution in [2.24, 2.45) is 0 Å². The van der Waals surface area contributed by atoms with Gasteiger partial charge in [-0.2, -0.15) is 0 Å². The monoisotopic (exact) mass is 329 g/mol. The van der Waals surface area contributed by atoms with E-state index < -0.39 is 0 Å². The highest BCUT2D eigenvalue weighted by Gasteiger charge is 2.18. The van der Waals surface area contributed by atoms with Crippen LogP contribution < -0.4 is 5.32 Å². The van der Waals surface area contributed by atoms with Crippen LogP contribution >= 0.6 is 0 Å². The molecule has 1 amide bonds. The van der Waals surface area contributed by atoms with E-state index in [9.17, 15) is 4.79 Å². The van der Waals surface area contributed by atoms with E-state index in [1.807, 2.05) is 61.5 Å². The summed E-state index contributed by atoms with van der Waals surface area (Å²) in [7, 11) is 0. The normalized spacial score (nSPS) is 11.8. The summed E-state index contributed by atoms with van der Waals surface area (Å²) < 4.78 is 0. The molecule has 0 aliphatic rings. The fraction of sp³-hybridized carbons (Fsp3) is 0.174. The minimum absolute atomic E-state index is 0.0570. The predicted molar refractivity (Wildman–Crippen MR) is 103 cm³/mol. The van der Waals surface area contributed by atoms with Gasteiger partial charge in [-0.25, -0.2) is 0 Å². The zero-order valence-electron chi connectivity index (χ0n) is 14.9. The smallest absolute Gasteiger partial charge is 0.252 e. The molecule has 0 bridgehead atoms. The van der Waals surface area contributed by atoms with Crippen molar-refractivity contribution in [2.75, 3.05) is 0 Å². The third-order valence-corrected chi connectivity index (χ3v) is 4.55. The Labute approximate surface area is 149 Å². The van der Waals surface area contributed by atoms with Gasteiger partial charge in [0.15, 0.2) is 0 Å². The lowest BCUT2D eigenvalue weighted by atomic mass is 9.96. The molecule has 0 unspecified atom stereocenters. The number of aryl methyl sites for hydroxylation is 3. The van der Waals surface area contributed by atoms with Crippen molar-refractivity contribution in [3.63, 3.8) is 0 Å². The Morgan fingerprint density at radius 2 is 1.48 bits per heavy atom. The van der Waals surface area contributed by atoms with Gasteiger partial charge in [-0.3, -0.25) is 4.79 Å². The number of rotatable bonds is 4. The Kier molecular flexibility index (Phi) is 4.99. The average Bonchev–Trinajstić information content (AvgIpc) is 2.62. The summed E-state index contributed by atoms with van der Waals surface area (Å²) in [5.41, 5.74) is 6.35. The summed E-state index contributed by atoms with van der Waals surface area (Å²) in [6.07, 6.45) is 0. The van der Waals surface area contributed by atoms with Crippen molar-refractivity contribution in [3.05, 3.63) is 106 Å². The minimum atomic E-state index is -0.171. The van der Waals surface area contributed by atoms with Gasteiger partial charge in [0.25, 0.3) is 5.91 Å². The highest BCUT2D eigenvalue weighted by Crippen LogP contribution is 2.23. The fourth-order valence-corrected chi connectivity index (χ4v) is 2.95. The molecule has 0 aliphatic heterocycles. The van der Waals surface area contributed by atoms with Crippen LogP contribution in [0.1, 0.15) is 44.2 Å². The summed E-state index contributed by atoms with van der Waals surface area (Å²) in [5, 5.41) is 3.20. The second kappa shape index (κ2) is 7.35. The number of hydrogen-bond acceptors (Lipinski definition) is 1. The molecule has 3 aromatic carbocycles. The zero-order valence-corrected chi connectivity index (χ0v) is 14.9. The summed E-state index contributed by atoms with van der Waals surface area (Å²) >= 11 is 0. The third-order valence-electron chi connectivity index (χ3n) is 4.55. The van der Waals surface area contributed by atoms with Gasteiger partial charge in [0.05, 0.1) is 6.04 Å². The van der Waals surface area contributed by atoms with Crippen LogP contribution in [0.4, 0.5) is 0 Å². The van der Waals surface area contributed by atoms with Crippen molar-refractivity contribution >= 4 is 5.91 Å². The molecule has 126 valence electrons. The molecule has 1 N–H and O–H groups in total. The van der Waals surface area contributed by atoms with Crippen LogP contribution in [-0.4, -0.2) is 5.91 Å². The van der Waals surface area contributed by atoms with Gasteiger partial charge < -0.3 is 5.32 Å². The minimum Gasteiger partial charge on any atom is -0.341 e. The van der Waals surface area contributed by atoms with Crippen LogP contribution in [0.15, 0.2) is 72.8 Å². The highest BCUT2D eigenvalue weighted by atomic mass is 16.1. The SMILES string of the molecule is Cc1cccc([C@@H](NC(=O)c2ccc(C)c(C)c2)c2ccccc2)c1. The molecule has 1 atom stereocenters. The lowest BCUT2D eigenvalue weighted by Crippen LogP contribution is -2.29. The van der Waals surface area contributed by atoms with Crippen molar-refractivity contribution in [1.29, 1.82) is 0 Å². The summed E-state index contributed by atoms with van der Waals surface area (Å²) in [5.74, 6) is -0.0570. The molecule has 2 nitrogen and oxygen atoms in total. The molecule has 0 aliphatic carbocycles. The van der Waals surface area contributed by atoms with Gasteiger partial charge in [-0.1, -0.05) is 66.2 Å². The molecule has 25 heavy (non-hydrogen) atoms. The Bertz CT molecular complexity index is 884. The van der Waals surface area contributed by atoms with E-state index in [0.717, 1.165) is 16.7 Å². The molecule has 0 aromatic heterocycles. The first kappa shape index (κ1) is 17.0. The largest absolute Gasteiger partial charge is 0.341 e. The van der Waals surface area contributed by atoms with Gasteiger partial charge in [-0.05, 0) is 55.2 Å². The topological polar surface area (TPSA) is 29.1 Å². The van der Waals surface area contributed by atoms with Gasteiger partial charge >= 0.3 is 0 Å². The maximum absolute atomic E-state index is 12.8. The molecule has 2 heteroatoms. The third kappa shape index (κ3) is 3.97.